The van der Waals surface area contributed by atoms with E-state index in [1.807, 2.05) is 0 Å². The van der Waals surface area contributed by atoms with Gasteiger partial charge in [-0.3, -0.25) is 16.1 Å². The van der Waals surface area contributed by atoms with Crippen molar-refractivity contribution in [2.24, 2.45) is 5.92 Å². The lowest BCUT2D eigenvalue weighted by Gasteiger charge is -2.44. The third kappa shape index (κ3) is 8.49. The minimum absolute atomic E-state index is 0.188. The zero-order valence-corrected chi connectivity index (χ0v) is 16.3. The number of likely N-dealkylation sites (N-methyl/N-ethyl adjacent to an activating group) is 2. The minimum atomic E-state index is 0.188. The summed E-state index contributed by atoms with van der Waals surface area (Å²) in [4.78, 5) is 0. The lowest BCUT2D eigenvalue weighted by atomic mass is 10.2. The highest BCUT2D eigenvalue weighted by molar-refractivity contribution is 5.95. The van der Waals surface area contributed by atoms with Crippen molar-refractivity contribution in [3.8, 4) is 0 Å². The number of nitrogens with one attached hydrogen (secondary N) is 5. The molecule has 140 valence electrons. The zero-order valence-electron chi connectivity index (χ0n) is 16.3. The number of unbranched alkanes of at least 4 members (excludes halogenated alkanes) is 1. The molecular formula is C17H39N7+2. The zero-order chi connectivity index (χ0) is 18.2. The topological polar surface area (TPSA) is 83.8 Å². The van der Waals surface area contributed by atoms with E-state index in [0.717, 1.165) is 24.0 Å². The molecule has 1 aliphatic rings. The first-order valence-corrected chi connectivity index (χ1v) is 9.19. The van der Waals surface area contributed by atoms with Crippen molar-refractivity contribution < 1.29 is 8.97 Å². The van der Waals surface area contributed by atoms with E-state index in [4.69, 9.17) is 10.8 Å². The van der Waals surface area contributed by atoms with Crippen LogP contribution in [-0.2, 0) is 0 Å². The van der Waals surface area contributed by atoms with E-state index < -0.39 is 0 Å². The van der Waals surface area contributed by atoms with Crippen LogP contribution in [0.2, 0.25) is 0 Å². The fourth-order valence-electron chi connectivity index (χ4n) is 2.82. The van der Waals surface area contributed by atoms with E-state index in [9.17, 15) is 0 Å². The summed E-state index contributed by atoms with van der Waals surface area (Å²) >= 11 is 0. The Morgan fingerprint density at radius 1 is 0.917 bits per heavy atom. The van der Waals surface area contributed by atoms with Crippen molar-refractivity contribution in [2.75, 3.05) is 67.0 Å². The first kappa shape index (κ1) is 20.7. The molecule has 7 heteroatoms. The van der Waals surface area contributed by atoms with Gasteiger partial charge < -0.3 is 19.6 Å². The Hall–Kier alpha value is -1.34. The molecule has 0 spiro atoms. The second-order valence-corrected chi connectivity index (χ2v) is 8.46. The average molecular weight is 342 g/mol. The Balaban J connectivity index is 2.09. The lowest BCUT2D eigenvalue weighted by molar-refractivity contribution is -1.01. The molecule has 1 fully saturated rings. The molecule has 1 heterocycles. The molecule has 0 unspecified atom stereocenters. The van der Waals surface area contributed by atoms with Gasteiger partial charge in [-0.25, -0.2) is 0 Å². The van der Waals surface area contributed by atoms with E-state index in [2.05, 4.69) is 50.9 Å². The number of hydrogen-bond donors (Lipinski definition) is 5. The largest absolute Gasteiger partial charge is 0.356 e. The standard InChI is InChI=1S/C17H39N7/c1-15(2)14-21-17(19)22-16(18)20-8-6-7-9-24(5)12-10-23(3,4)11-13-24/h15H,6-14H2,1-5H3,(H5,18,19,20,21,22)/q+2. The van der Waals surface area contributed by atoms with E-state index in [1.165, 1.54) is 43.6 Å². The highest BCUT2D eigenvalue weighted by Gasteiger charge is 2.33. The van der Waals surface area contributed by atoms with Crippen LogP contribution in [0, 0.1) is 16.7 Å². The van der Waals surface area contributed by atoms with Crippen molar-refractivity contribution in [3.63, 3.8) is 0 Å². The smallest absolute Gasteiger partial charge is 0.195 e. The summed E-state index contributed by atoms with van der Waals surface area (Å²) in [6.45, 7) is 12.0. The highest BCUT2D eigenvalue weighted by Crippen LogP contribution is 2.14. The Labute approximate surface area is 148 Å². The average Bonchev–Trinajstić information content (AvgIpc) is 2.48. The van der Waals surface area contributed by atoms with Gasteiger partial charge in [-0.15, -0.1) is 0 Å². The van der Waals surface area contributed by atoms with E-state index >= 15 is 0 Å². The van der Waals surface area contributed by atoms with Crippen LogP contribution in [-0.4, -0.2) is 87.8 Å². The van der Waals surface area contributed by atoms with Crippen LogP contribution in [0.5, 0.6) is 0 Å². The second-order valence-electron chi connectivity index (χ2n) is 8.46. The number of guanidine groups is 2. The fourth-order valence-corrected chi connectivity index (χ4v) is 2.82. The molecule has 0 radical (unpaired) electrons. The molecule has 0 aromatic rings. The molecule has 0 atom stereocenters. The molecular weight excluding hydrogens is 302 g/mol. The van der Waals surface area contributed by atoms with Gasteiger partial charge in [0, 0.05) is 13.1 Å². The summed E-state index contributed by atoms with van der Waals surface area (Å²) in [5.74, 6) is 0.875. The van der Waals surface area contributed by atoms with Crippen molar-refractivity contribution >= 4 is 11.9 Å². The number of rotatable bonds is 7. The van der Waals surface area contributed by atoms with Crippen LogP contribution in [0.4, 0.5) is 0 Å². The van der Waals surface area contributed by atoms with Gasteiger partial charge in [0.15, 0.2) is 11.9 Å². The number of hydrogen-bond acceptors (Lipinski definition) is 2. The third-order valence-electron chi connectivity index (χ3n) is 4.85. The van der Waals surface area contributed by atoms with Gasteiger partial charge in [-0.05, 0) is 18.8 Å². The van der Waals surface area contributed by atoms with Crippen LogP contribution < -0.4 is 16.0 Å². The van der Waals surface area contributed by atoms with Crippen molar-refractivity contribution in [2.45, 2.75) is 26.7 Å². The monoisotopic (exact) mass is 341 g/mol. The van der Waals surface area contributed by atoms with Gasteiger partial charge in [0.25, 0.3) is 0 Å². The predicted molar refractivity (Wildman–Crippen MR) is 101 cm³/mol. The summed E-state index contributed by atoms with van der Waals surface area (Å²) < 4.78 is 2.33. The molecule has 24 heavy (non-hydrogen) atoms. The first-order chi connectivity index (χ1) is 11.1. The van der Waals surface area contributed by atoms with Gasteiger partial charge in [-0.2, -0.15) is 0 Å². The number of quaternary nitrogens is 2. The van der Waals surface area contributed by atoms with Crippen LogP contribution in [0.1, 0.15) is 26.7 Å². The molecule has 0 aromatic heterocycles. The molecule has 0 bridgehead atoms. The summed E-state index contributed by atoms with van der Waals surface area (Å²) in [5.41, 5.74) is 0. The first-order valence-electron chi connectivity index (χ1n) is 9.19. The molecule has 0 aliphatic carbocycles. The van der Waals surface area contributed by atoms with E-state index in [-0.39, 0.29) is 11.9 Å². The van der Waals surface area contributed by atoms with Crippen LogP contribution in [0.15, 0.2) is 0 Å². The number of piperazine rings is 1. The number of nitrogens with zero attached hydrogens (tertiary/aromatic N) is 2. The SMILES string of the molecule is CC(C)CNC(=N)NC(=N)NCCCC[N+]1(C)CC[N+](C)(C)CC1. The quantitative estimate of drug-likeness (QED) is 0.203. The van der Waals surface area contributed by atoms with Crippen LogP contribution in [0.25, 0.3) is 0 Å². The molecule has 1 aliphatic heterocycles. The van der Waals surface area contributed by atoms with Crippen LogP contribution >= 0.6 is 0 Å². The Kier molecular flexibility index (Phi) is 7.96. The molecule has 5 N–H and O–H groups in total. The van der Waals surface area contributed by atoms with Crippen molar-refractivity contribution in [1.29, 1.82) is 10.8 Å². The van der Waals surface area contributed by atoms with E-state index in [1.54, 1.807) is 0 Å². The Morgan fingerprint density at radius 2 is 1.50 bits per heavy atom. The maximum Gasteiger partial charge on any atom is 0.195 e. The summed E-state index contributed by atoms with van der Waals surface area (Å²) in [6, 6.07) is 0. The maximum atomic E-state index is 7.81. The Morgan fingerprint density at radius 3 is 2.08 bits per heavy atom. The summed E-state index contributed by atoms with van der Waals surface area (Å²) in [5, 5.41) is 24.3. The lowest BCUT2D eigenvalue weighted by Crippen LogP contribution is -2.62. The summed E-state index contributed by atoms with van der Waals surface area (Å²) in [6.07, 6.45) is 2.23. The van der Waals surface area contributed by atoms with Gasteiger partial charge in [0.1, 0.15) is 26.2 Å². The van der Waals surface area contributed by atoms with Crippen LogP contribution in [0.3, 0.4) is 0 Å². The normalized spacial score (nSPS) is 18.9. The highest BCUT2D eigenvalue weighted by atomic mass is 15.4. The predicted octanol–water partition coefficient (Wildman–Crippen LogP) is 0.598. The fraction of sp³-hybridized carbons (Fsp3) is 0.882. The molecule has 7 nitrogen and oxygen atoms in total. The van der Waals surface area contributed by atoms with Crippen molar-refractivity contribution in [3.05, 3.63) is 0 Å². The molecule has 0 saturated carbocycles. The molecule has 1 rings (SSSR count). The third-order valence-corrected chi connectivity index (χ3v) is 4.85. The van der Waals surface area contributed by atoms with E-state index in [0.29, 0.717) is 5.92 Å². The molecule has 0 amide bonds. The van der Waals surface area contributed by atoms with Crippen molar-refractivity contribution in [1.82, 2.24) is 16.0 Å². The minimum Gasteiger partial charge on any atom is -0.356 e. The molecule has 1 saturated heterocycles. The van der Waals surface area contributed by atoms with Gasteiger partial charge in [-0.1, -0.05) is 13.8 Å². The Bertz CT molecular complexity index is 407. The second kappa shape index (κ2) is 9.22. The summed E-state index contributed by atoms with van der Waals surface area (Å²) in [7, 11) is 7.01. The maximum absolute atomic E-state index is 7.81. The van der Waals surface area contributed by atoms with Gasteiger partial charge >= 0.3 is 0 Å². The van der Waals surface area contributed by atoms with Gasteiger partial charge in [0.2, 0.25) is 0 Å². The molecule has 0 aromatic carbocycles. The van der Waals surface area contributed by atoms with Gasteiger partial charge in [0.05, 0.1) is 27.7 Å².